The van der Waals surface area contributed by atoms with Crippen LogP contribution in [0.1, 0.15) is 59.9 Å². The number of hydrogen-bond donors (Lipinski definition) is 1. The maximum atomic E-state index is 12.9. The maximum absolute atomic E-state index is 12.9. The Hall–Kier alpha value is -1.55. The molecule has 1 saturated heterocycles. The van der Waals surface area contributed by atoms with Gasteiger partial charge >= 0.3 is 0 Å². The highest BCUT2D eigenvalue weighted by Crippen LogP contribution is 2.47. The van der Waals surface area contributed by atoms with E-state index in [0.717, 1.165) is 25.0 Å². The first-order chi connectivity index (χ1) is 13.3. The van der Waals surface area contributed by atoms with Crippen molar-refractivity contribution in [3.63, 3.8) is 0 Å². The third kappa shape index (κ3) is 3.80. The normalized spacial score (nSPS) is 25.1. The lowest BCUT2D eigenvalue weighted by molar-refractivity contribution is -0.123. The van der Waals surface area contributed by atoms with Gasteiger partial charge in [-0.25, -0.2) is 0 Å². The largest absolute Gasteiger partial charge is 0.546 e. The summed E-state index contributed by atoms with van der Waals surface area (Å²) in [7, 11) is -2.03. The Labute approximate surface area is 172 Å². The minimum absolute atomic E-state index is 0.0304. The lowest BCUT2D eigenvalue weighted by Crippen LogP contribution is -2.49. The number of nitrogens with one attached hydrogen (secondary N) is 1. The van der Waals surface area contributed by atoms with Crippen molar-refractivity contribution < 1.29 is 9.22 Å². The van der Waals surface area contributed by atoms with Gasteiger partial charge < -0.3 is 9.74 Å². The van der Waals surface area contributed by atoms with E-state index in [1.165, 1.54) is 5.56 Å². The third-order valence-electron chi connectivity index (χ3n) is 6.98. The molecule has 0 unspecified atom stereocenters. The van der Waals surface area contributed by atoms with Crippen molar-refractivity contribution in [3.8, 4) is 0 Å². The number of carbonyl (C=O) groups excluding carboxylic acids is 1. The molecule has 4 heteroatoms. The van der Waals surface area contributed by atoms with E-state index < -0.39 is 8.32 Å². The zero-order valence-electron chi connectivity index (χ0n) is 18.4. The molecule has 1 amide bonds. The van der Waals surface area contributed by atoms with Gasteiger partial charge in [0.2, 0.25) is 5.91 Å². The molecule has 3 nitrogen and oxygen atoms in total. The zero-order chi connectivity index (χ0) is 20.5. The molecule has 154 valence electrons. The van der Waals surface area contributed by atoms with Crippen LogP contribution < -0.4 is 5.32 Å². The van der Waals surface area contributed by atoms with E-state index in [0.29, 0.717) is 16.6 Å². The Morgan fingerprint density at radius 3 is 2.21 bits per heavy atom. The fraction of sp³-hybridized carbons (Fsp3) is 0.625. The first-order valence-corrected chi connectivity index (χ1v) is 13.1. The summed E-state index contributed by atoms with van der Waals surface area (Å²) in [4.78, 5) is 12.9. The summed E-state index contributed by atoms with van der Waals surface area (Å²) in [5, 5.41) is 3.29. The average Bonchev–Trinajstić information content (AvgIpc) is 2.95. The van der Waals surface area contributed by atoms with Crippen LogP contribution in [0.2, 0.25) is 16.6 Å². The summed E-state index contributed by atoms with van der Waals surface area (Å²) in [6, 6.07) is 10.6. The van der Waals surface area contributed by atoms with Crippen LogP contribution in [-0.4, -0.2) is 20.3 Å². The summed E-state index contributed by atoms with van der Waals surface area (Å²) in [6.07, 6.45) is 5.10. The molecule has 0 bridgehead atoms. The molecule has 1 N–H and O–H groups in total. The predicted octanol–water partition coefficient (Wildman–Crippen LogP) is 5.83. The van der Waals surface area contributed by atoms with E-state index in [4.69, 9.17) is 4.43 Å². The first-order valence-electron chi connectivity index (χ1n) is 11.0. The monoisotopic (exact) mass is 399 g/mol. The Bertz CT molecular complexity index is 689. The number of amides is 1. The second-order valence-corrected chi connectivity index (χ2v) is 14.9. The van der Waals surface area contributed by atoms with Crippen LogP contribution in [0.3, 0.4) is 0 Å². The number of rotatable bonds is 7. The molecule has 3 rings (SSSR count). The number of hydrogen-bond acceptors (Lipinski definition) is 2. The van der Waals surface area contributed by atoms with Gasteiger partial charge in [-0.05, 0) is 47.5 Å². The van der Waals surface area contributed by atoms with Gasteiger partial charge in [-0.15, -0.1) is 0 Å². The van der Waals surface area contributed by atoms with E-state index in [1.807, 2.05) is 6.07 Å². The highest BCUT2D eigenvalue weighted by atomic mass is 28.4. The van der Waals surface area contributed by atoms with Crippen LogP contribution in [-0.2, 0) is 15.6 Å². The molecule has 1 heterocycles. The molecule has 1 fully saturated rings. The van der Waals surface area contributed by atoms with Crippen molar-refractivity contribution in [2.75, 3.05) is 0 Å². The lowest BCUT2D eigenvalue weighted by atomic mass is 9.80. The molecule has 3 atom stereocenters. The number of fused-ring (bicyclic) bond motifs is 1. The second kappa shape index (κ2) is 8.44. The lowest BCUT2D eigenvalue weighted by Gasteiger charge is -2.45. The van der Waals surface area contributed by atoms with Gasteiger partial charge in [0.1, 0.15) is 0 Å². The highest BCUT2D eigenvalue weighted by Gasteiger charge is 2.52. The Balaban J connectivity index is 1.92. The van der Waals surface area contributed by atoms with Crippen molar-refractivity contribution in [1.29, 1.82) is 0 Å². The molecular weight excluding hydrogens is 362 g/mol. The first kappa shape index (κ1) is 21.2. The van der Waals surface area contributed by atoms with E-state index in [1.54, 1.807) is 0 Å². The quantitative estimate of drug-likeness (QED) is 0.586. The molecule has 1 aromatic carbocycles. The van der Waals surface area contributed by atoms with Gasteiger partial charge in [0.05, 0.1) is 11.7 Å². The Morgan fingerprint density at radius 1 is 1.04 bits per heavy atom. The summed E-state index contributed by atoms with van der Waals surface area (Å²) in [5.41, 5.74) is 2.83. The number of benzene rings is 1. The molecule has 1 aliphatic carbocycles. The molecule has 1 aromatic rings. The number of carbonyl (C=O) groups is 1. The maximum Gasteiger partial charge on any atom is 0.258 e. The molecule has 0 radical (unpaired) electrons. The Kier molecular flexibility index (Phi) is 6.38. The van der Waals surface area contributed by atoms with E-state index >= 15 is 0 Å². The third-order valence-corrected chi connectivity index (χ3v) is 13.0. The smallest absolute Gasteiger partial charge is 0.258 e. The van der Waals surface area contributed by atoms with Gasteiger partial charge in [0.15, 0.2) is 0 Å². The zero-order valence-corrected chi connectivity index (χ0v) is 19.4. The van der Waals surface area contributed by atoms with E-state index in [9.17, 15) is 4.79 Å². The van der Waals surface area contributed by atoms with Crippen LogP contribution in [0.15, 0.2) is 42.2 Å². The minimum atomic E-state index is -2.03. The van der Waals surface area contributed by atoms with Crippen molar-refractivity contribution in [2.45, 2.75) is 83.5 Å². The van der Waals surface area contributed by atoms with Crippen molar-refractivity contribution >= 4 is 14.2 Å². The summed E-state index contributed by atoms with van der Waals surface area (Å²) < 4.78 is 7.10. The van der Waals surface area contributed by atoms with Crippen LogP contribution in [0.25, 0.3) is 0 Å². The van der Waals surface area contributed by atoms with Crippen LogP contribution in [0.4, 0.5) is 0 Å². The minimum Gasteiger partial charge on any atom is -0.546 e. The second-order valence-electron chi connectivity index (χ2n) is 9.54. The fourth-order valence-corrected chi connectivity index (χ4v) is 11.1. The molecule has 1 aliphatic heterocycles. The SMILES string of the molecule is CC(C)[Si](OC1=CCC[C@H]2NC(=O)[C@@H](Cc3ccccc3)[C@@H]12)(C(C)C)C(C)C. The number of allylic oxidation sites excluding steroid dienone is 1. The molecule has 28 heavy (non-hydrogen) atoms. The summed E-state index contributed by atoms with van der Waals surface area (Å²) in [5.74, 6) is 1.45. The van der Waals surface area contributed by atoms with Crippen molar-refractivity contribution in [1.82, 2.24) is 5.32 Å². The Morgan fingerprint density at radius 2 is 1.64 bits per heavy atom. The fourth-order valence-electron chi connectivity index (χ4n) is 5.77. The van der Waals surface area contributed by atoms with Crippen molar-refractivity contribution in [2.24, 2.45) is 11.8 Å². The van der Waals surface area contributed by atoms with Gasteiger partial charge in [-0.3, -0.25) is 4.79 Å². The average molecular weight is 400 g/mol. The van der Waals surface area contributed by atoms with E-state index in [2.05, 4.69) is 77.2 Å². The molecule has 0 spiro atoms. The molecular formula is C24H37NO2Si. The van der Waals surface area contributed by atoms with Crippen LogP contribution >= 0.6 is 0 Å². The summed E-state index contributed by atoms with van der Waals surface area (Å²) >= 11 is 0. The molecule has 0 saturated carbocycles. The van der Waals surface area contributed by atoms with Crippen LogP contribution in [0, 0.1) is 11.8 Å². The van der Waals surface area contributed by atoms with E-state index in [-0.39, 0.29) is 23.8 Å². The van der Waals surface area contributed by atoms with Gasteiger partial charge in [0.25, 0.3) is 8.32 Å². The molecule has 2 aliphatic rings. The molecule has 0 aromatic heterocycles. The summed E-state index contributed by atoms with van der Waals surface area (Å²) in [6.45, 7) is 14.0. The highest BCUT2D eigenvalue weighted by molar-refractivity contribution is 6.77. The van der Waals surface area contributed by atoms with Gasteiger partial charge in [-0.2, -0.15) is 0 Å². The van der Waals surface area contributed by atoms with Crippen LogP contribution in [0.5, 0.6) is 0 Å². The topological polar surface area (TPSA) is 38.3 Å². The van der Waals surface area contributed by atoms with Gasteiger partial charge in [0, 0.05) is 12.0 Å². The van der Waals surface area contributed by atoms with Gasteiger partial charge in [-0.1, -0.05) is 71.9 Å². The standard InChI is InChI=1S/C24H37NO2Si/c1-16(2)28(17(3)4,18(5)6)27-22-14-10-13-21-23(22)20(24(26)25-21)15-19-11-8-7-9-12-19/h7-9,11-12,14,16-18,20-21,23H,10,13,15H2,1-6H3,(H,25,26)/t20-,21+,23+/m0/s1. The van der Waals surface area contributed by atoms with Crippen molar-refractivity contribution in [3.05, 3.63) is 47.7 Å². The predicted molar refractivity (Wildman–Crippen MR) is 119 cm³/mol.